The van der Waals surface area contributed by atoms with Crippen LogP contribution in [0.1, 0.15) is 18.5 Å². The monoisotopic (exact) mass is 272 g/mol. The molecule has 0 atom stereocenters. The fraction of sp³-hybridized carbons (Fsp3) is 0.545. The van der Waals surface area contributed by atoms with Crippen LogP contribution in [0.25, 0.3) is 0 Å². The summed E-state index contributed by atoms with van der Waals surface area (Å²) in [6.07, 6.45) is 2.43. The third-order valence-corrected chi connectivity index (χ3v) is 3.23. The molecule has 2 nitrogen and oxygen atoms in total. The zero-order valence-electron chi connectivity index (χ0n) is 8.71. The van der Waals surface area contributed by atoms with Gasteiger partial charge in [-0.1, -0.05) is 0 Å². The van der Waals surface area contributed by atoms with Gasteiger partial charge in [0.05, 0.1) is 11.4 Å². The van der Waals surface area contributed by atoms with Crippen molar-refractivity contribution in [1.82, 2.24) is 4.98 Å². The molecule has 4 heteroatoms. The molecule has 82 valence electrons. The molecule has 1 aliphatic heterocycles. The van der Waals surface area contributed by atoms with Crippen molar-refractivity contribution in [3.63, 3.8) is 0 Å². The number of aryl methyl sites for hydroxylation is 1. The summed E-state index contributed by atoms with van der Waals surface area (Å²) in [5.41, 5.74) is 2.13. The molecule has 0 aliphatic carbocycles. The minimum atomic E-state index is -0.623. The highest BCUT2D eigenvalue weighted by Gasteiger charge is 2.20. The van der Waals surface area contributed by atoms with Crippen LogP contribution in [0, 0.1) is 6.92 Å². The van der Waals surface area contributed by atoms with Gasteiger partial charge in [-0.25, -0.2) is 4.39 Å². The van der Waals surface area contributed by atoms with Crippen LogP contribution in [0.15, 0.2) is 16.7 Å². The van der Waals surface area contributed by atoms with Crippen molar-refractivity contribution in [1.29, 1.82) is 0 Å². The first-order valence-electron chi connectivity index (χ1n) is 5.18. The van der Waals surface area contributed by atoms with Crippen molar-refractivity contribution in [2.75, 3.05) is 18.0 Å². The van der Waals surface area contributed by atoms with E-state index in [1.807, 2.05) is 6.92 Å². The first kappa shape index (κ1) is 10.9. The summed E-state index contributed by atoms with van der Waals surface area (Å²) in [4.78, 5) is 6.50. The summed E-state index contributed by atoms with van der Waals surface area (Å²) >= 11 is 3.41. The van der Waals surface area contributed by atoms with Crippen molar-refractivity contribution in [2.45, 2.75) is 25.9 Å². The maximum absolute atomic E-state index is 13.0. The molecule has 1 aromatic rings. The molecule has 1 saturated heterocycles. The van der Waals surface area contributed by atoms with Crippen LogP contribution in [0.3, 0.4) is 0 Å². The van der Waals surface area contributed by atoms with Crippen LogP contribution < -0.4 is 4.90 Å². The van der Waals surface area contributed by atoms with Crippen LogP contribution >= 0.6 is 15.9 Å². The van der Waals surface area contributed by atoms with Crippen LogP contribution in [0.4, 0.5) is 10.1 Å². The Balaban J connectivity index is 2.18. The summed E-state index contributed by atoms with van der Waals surface area (Å²) in [5, 5.41) is 0. The number of hydrogen-bond donors (Lipinski definition) is 0. The van der Waals surface area contributed by atoms with E-state index in [9.17, 15) is 4.39 Å². The average molecular weight is 273 g/mol. The normalized spacial score (nSPS) is 18.2. The van der Waals surface area contributed by atoms with Crippen LogP contribution in [0.2, 0.25) is 0 Å². The van der Waals surface area contributed by atoms with Crippen LogP contribution in [-0.4, -0.2) is 24.2 Å². The topological polar surface area (TPSA) is 16.1 Å². The molecule has 2 heterocycles. The molecule has 0 amide bonds. The summed E-state index contributed by atoms with van der Waals surface area (Å²) in [7, 11) is 0. The number of aromatic nitrogens is 1. The van der Waals surface area contributed by atoms with E-state index in [2.05, 4.69) is 31.9 Å². The number of alkyl halides is 1. The molecule has 0 unspecified atom stereocenters. The van der Waals surface area contributed by atoms with Crippen LogP contribution in [0.5, 0.6) is 0 Å². The van der Waals surface area contributed by atoms with Gasteiger partial charge in [-0.15, -0.1) is 0 Å². The third-order valence-electron chi connectivity index (χ3n) is 2.79. The maximum Gasteiger partial charge on any atom is 0.103 e. The highest BCUT2D eigenvalue weighted by atomic mass is 79.9. The number of nitrogens with zero attached hydrogens (tertiary/aromatic N) is 2. The molecular formula is C11H14BrFN2. The molecule has 1 aromatic heterocycles. The Morgan fingerprint density at radius 2 is 2.13 bits per heavy atom. The number of hydrogen-bond acceptors (Lipinski definition) is 2. The highest BCUT2D eigenvalue weighted by Crippen LogP contribution is 2.26. The van der Waals surface area contributed by atoms with Crippen molar-refractivity contribution in [2.24, 2.45) is 0 Å². The number of pyridine rings is 1. The van der Waals surface area contributed by atoms with Crippen molar-refractivity contribution in [3.8, 4) is 0 Å². The second-order valence-corrected chi connectivity index (χ2v) is 4.84. The van der Waals surface area contributed by atoms with Gasteiger partial charge in [0.2, 0.25) is 0 Å². The van der Waals surface area contributed by atoms with E-state index >= 15 is 0 Å². The number of anilines is 1. The summed E-state index contributed by atoms with van der Waals surface area (Å²) in [6.45, 7) is 3.57. The predicted octanol–water partition coefficient (Wildman–Crippen LogP) is 3.09. The molecular weight excluding hydrogens is 259 g/mol. The Labute approximate surface area is 97.6 Å². The molecule has 0 bridgehead atoms. The van der Waals surface area contributed by atoms with Gasteiger partial charge >= 0.3 is 0 Å². The van der Waals surface area contributed by atoms with E-state index in [0.717, 1.165) is 28.9 Å². The first-order chi connectivity index (χ1) is 7.16. The Kier molecular flexibility index (Phi) is 3.24. The van der Waals surface area contributed by atoms with Gasteiger partial charge in [0.1, 0.15) is 6.17 Å². The van der Waals surface area contributed by atoms with Gasteiger partial charge in [0.15, 0.2) is 0 Å². The molecule has 1 aliphatic rings. The Morgan fingerprint density at radius 1 is 1.47 bits per heavy atom. The van der Waals surface area contributed by atoms with Gasteiger partial charge in [0, 0.05) is 23.8 Å². The predicted molar refractivity (Wildman–Crippen MR) is 63.0 cm³/mol. The largest absolute Gasteiger partial charge is 0.370 e. The highest BCUT2D eigenvalue weighted by molar-refractivity contribution is 9.10. The molecule has 15 heavy (non-hydrogen) atoms. The summed E-state index contributed by atoms with van der Waals surface area (Å²) < 4.78 is 14.0. The van der Waals surface area contributed by atoms with E-state index in [0.29, 0.717) is 12.8 Å². The van der Waals surface area contributed by atoms with E-state index in [1.165, 1.54) is 0 Å². The van der Waals surface area contributed by atoms with E-state index < -0.39 is 6.17 Å². The number of piperidine rings is 1. The number of halogens is 2. The second kappa shape index (κ2) is 4.47. The molecule has 0 spiro atoms. The van der Waals surface area contributed by atoms with Crippen LogP contribution in [-0.2, 0) is 0 Å². The molecule has 0 aromatic carbocycles. The van der Waals surface area contributed by atoms with Crippen molar-refractivity contribution in [3.05, 3.63) is 22.4 Å². The van der Waals surface area contributed by atoms with E-state index in [-0.39, 0.29) is 0 Å². The van der Waals surface area contributed by atoms with Gasteiger partial charge < -0.3 is 4.90 Å². The first-order valence-corrected chi connectivity index (χ1v) is 5.97. The maximum atomic E-state index is 13.0. The zero-order valence-corrected chi connectivity index (χ0v) is 10.3. The molecule has 2 rings (SSSR count). The molecule has 0 N–H and O–H groups in total. The van der Waals surface area contributed by atoms with Crippen molar-refractivity contribution < 1.29 is 4.39 Å². The third kappa shape index (κ3) is 2.48. The SMILES string of the molecule is Cc1ncc(Br)cc1N1CCC(F)CC1. The lowest BCUT2D eigenvalue weighted by Gasteiger charge is -2.31. The smallest absolute Gasteiger partial charge is 0.103 e. The Morgan fingerprint density at radius 3 is 2.80 bits per heavy atom. The van der Waals surface area contributed by atoms with Crippen molar-refractivity contribution >= 4 is 21.6 Å². The summed E-state index contributed by atoms with van der Waals surface area (Å²) in [6, 6.07) is 2.06. The molecule has 0 saturated carbocycles. The van der Waals surface area contributed by atoms with Gasteiger partial charge in [-0.05, 0) is 41.8 Å². The van der Waals surface area contributed by atoms with Gasteiger partial charge in [-0.3, -0.25) is 4.98 Å². The lowest BCUT2D eigenvalue weighted by atomic mass is 10.1. The quantitative estimate of drug-likeness (QED) is 0.781. The number of rotatable bonds is 1. The lowest BCUT2D eigenvalue weighted by molar-refractivity contribution is 0.277. The average Bonchev–Trinajstić information content (AvgIpc) is 2.23. The minimum Gasteiger partial charge on any atom is -0.370 e. The minimum absolute atomic E-state index is 0.623. The zero-order chi connectivity index (χ0) is 10.8. The molecule has 1 fully saturated rings. The van der Waals surface area contributed by atoms with Gasteiger partial charge in [0.25, 0.3) is 0 Å². The summed E-state index contributed by atoms with van der Waals surface area (Å²) in [5.74, 6) is 0. The van der Waals surface area contributed by atoms with E-state index in [4.69, 9.17) is 0 Å². The van der Waals surface area contributed by atoms with E-state index in [1.54, 1.807) is 6.20 Å². The lowest BCUT2D eigenvalue weighted by Crippen LogP contribution is -2.34. The second-order valence-electron chi connectivity index (χ2n) is 3.92. The fourth-order valence-corrected chi connectivity index (χ4v) is 2.23. The Hall–Kier alpha value is -0.640. The molecule has 0 radical (unpaired) electrons. The van der Waals surface area contributed by atoms with Gasteiger partial charge in [-0.2, -0.15) is 0 Å². The standard InChI is InChI=1S/C11H14BrFN2/c1-8-11(6-9(12)7-14-8)15-4-2-10(13)3-5-15/h6-7,10H,2-5H2,1H3. The fourth-order valence-electron chi connectivity index (χ4n) is 1.91. The Bertz CT molecular complexity index is 348.